The Hall–Kier alpha value is -3.66. The minimum atomic E-state index is -0.786. The van der Waals surface area contributed by atoms with Gasteiger partial charge in [0.25, 0.3) is 0 Å². The van der Waals surface area contributed by atoms with Crippen LogP contribution in [-0.2, 0) is 22.7 Å². The van der Waals surface area contributed by atoms with Crippen LogP contribution in [0, 0.1) is 0 Å². The molecular weight excluding hydrogens is 414 g/mol. The van der Waals surface area contributed by atoms with Gasteiger partial charge >= 0.3 is 11.5 Å². The van der Waals surface area contributed by atoms with Crippen LogP contribution in [0.4, 0.5) is 0 Å². The van der Waals surface area contributed by atoms with Crippen molar-refractivity contribution in [1.82, 2.24) is 23.8 Å². The molecule has 10 heteroatoms. The second-order valence-electron chi connectivity index (χ2n) is 7.64. The second kappa shape index (κ2) is 9.23. The predicted octanol–water partition coefficient (Wildman–Crippen LogP) is 0.636. The third-order valence-corrected chi connectivity index (χ3v) is 5.47. The number of nitrogens with zero attached hydrogens (tertiary/aromatic N) is 5. The normalized spacial score (nSPS) is 14.5. The summed E-state index contributed by atoms with van der Waals surface area (Å²) in [5, 5.41) is 0. The number of hydrogen-bond donors (Lipinski definition) is 0. The highest BCUT2D eigenvalue weighted by Gasteiger charge is 2.25. The van der Waals surface area contributed by atoms with Gasteiger partial charge in [-0.25, -0.2) is 14.2 Å². The van der Waals surface area contributed by atoms with Crippen LogP contribution in [0.1, 0.15) is 16.1 Å². The average molecular weight is 439 g/mol. The Labute approximate surface area is 184 Å². The molecule has 1 aromatic carbocycles. The van der Waals surface area contributed by atoms with E-state index in [-0.39, 0.29) is 36.3 Å². The van der Waals surface area contributed by atoms with E-state index >= 15 is 0 Å². The molecule has 0 atom stereocenters. The van der Waals surface area contributed by atoms with Crippen molar-refractivity contribution in [3.05, 3.63) is 64.3 Å². The average Bonchev–Trinajstić information content (AvgIpc) is 3.21. The summed E-state index contributed by atoms with van der Waals surface area (Å²) in [7, 11) is 3.23. The number of hydrogen-bond acceptors (Lipinski definition) is 7. The molecule has 0 bridgehead atoms. The number of carbonyl (C=O) groups excluding carboxylic acids is 2. The molecule has 0 saturated carbocycles. The lowest BCUT2D eigenvalue weighted by molar-refractivity contribution is -0.133. The van der Waals surface area contributed by atoms with Crippen LogP contribution < -0.4 is 10.3 Å². The minimum Gasteiger partial charge on any atom is -0.481 e. The number of ether oxygens (including phenoxy) is 2. The topological polar surface area (TPSA) is 98.4 Å². The predicted molar refractivity (Wildman–Crippen MR) is 116 cm³/mol. The summed E-state index contributed by atoms with van der Waals surface area (Å²) >= 11 is 0. The van der Waals surface area contributed by atoms with E-state index in [1.807, 2.05) is 37.4 Å². The number of benzene rings is 1. The number of fused-ring (bicyclic) bond motifs is 1. The van der Waals surface area contributed by atoms with Crippen molar-refractivity contribution in [2.24, 2.45) is 0 Å². The first-order valence-electron chi connectivity index (χ1n) is 10.3. The van der Waals surface area contributed by atoms with Crippen molar-refractivity contribution in [1.29, 1.82) is 0 Å². The Kier molecular flexibility index (Phi) is 6.22. The Morgan fingerprint density at radius 3 is 2.47 bits per heavy atom. The Balaban J connectivity index is 1.64. The monoisotopic (exact) mass is 439 g/mol. The fraction of sp³-hybridized carbons (Fsp3) is 0.364. The molecule has 0 radical (unpaired) electrons. The summed E-state index contributed by atoms with van der Waals surface area (Å²) in [6, 6.07) is 9.28. The fourth-order valence-electron chi connectivity index (χ4n) is 3.58. The molecule has 1 saturated heterocycles. The molecule has 1 aliphatic heterocycles. The van der Waals surface area contributed by atoms with Crippen molar-refractivity contribution in [3.63, 3.8) is 0 Å². The lowest BCUT2D eigenvalue weighted by Gasteiger charge is -2.32. The first kappa shape index (κ1) is 21.6. The lowest BCUT2D eigenvalue weighted by Crippen LogP contribution is -2.48. The van der Waals surface area contributed by atoms with Gasteiger partial charge in [0.1, 0.15) is 13.2 Å². The number of esters is 1. The van der Waals surface area contributed by atoms with Crippen LogP contribution in [0.3, 0.4) is 0 Å². The molecule has 4 rings (SSSR count). The summed E-state index contributed by atoms with van der Waals surface area (Å²) in [6.07, 6.45) is 3.11. The van der Waals surface area contributed by atoms with Gasteiger partial charge in [-0.2, -0.15) is 0 Å². The van der Waals surface area contributed by atoms with Gasteiger partial charge in [-0.1, -0.05) is 30.3 Å². The van der Waals surface area contributed by atoms with Gasteiger partial charge in [0.2, 0.25) is 17.4 Å². The van der Waals surface area contributed by atoms with Crippen LogP contribution in [0.2, 0.25) is 0 Å². The van der Waals surface area contributed by atoms with Gasteiger partial charge < -0.3 is 23.8 Å². The highest BCUT2D eigenvalue weighted by Crippen LogP contribution is 2.16. The summed E-state index contributed by atoms with van der Waals surface area (Å²) in [5.74, 6) is -0.883. The van der Waals surface area contributed by atoms with E-state index in [1.165, 1.54) is 17.7 Å². The van der Waals surface area contributed by atoms with Crippen molar-refractivity contribution in [3.8, 4) is 5.75 Å². The molecule has 1 amide bonds. The summed E-state index contributed by atoms with van der Waals surface area (Å²) in [6.45, 7) is 3.02. The molecule has 1 fully saturated rings. The van der Waals surface area contributed by atoms with Crippen molar-refractivity contribution >= 4 is 17.7 Å². The molecule has 3 heterocycles. The zero-order valence-electron chi connectivity index (χ0n) is 18.1. The molecule has 0 unspecified atom stereocenters. The number of imidazole rings is 1. The van der Waals surface area contributed by atoms with E-state index in [1.54, 1.807) is 15.7 Å². The van der Waals surface area contributed by atoms with Crippen molar-refractivity contribution in [2.75, 3.05) is 40.3 Å². The maximum atomic E-state index is 13.1. The van der Waals surface area contributed by atoms with Gasteiger partial charge in [0.05, 0.1) is 7.11 Å². The molecule has 1 aliphatic rings. The van der Waals surface area contributed by atoms with Gasteiger partial charge in [-0.3, -0.25) is 9.59 Å². The zero-order chi connectivity index (χ0) is 22.7. The molecule has 0 N–H and O–H groups in total. The molecule has 3 aromatic rings. The molecule has 2 aromatic heterocycles. The van der Waals surface area contributed by atoms with E-state index in [2.05, 4.69) is 9.88 Å². The van der Waals surface area contributed by atoms with E-state index < -0.39 is 11.5 Å². The third kappa shape index (κ3) is 4.35. The van der Waals surface area contributed by atoms with Crippen LogP contribution in [0.15, 0.2) is 47.5 Å². The largest absolute Gasteiger partial charge is 0.481 e. The maximum Gasteiger partial charge on any atom is 0.360 e. The second-order valence-corrected chi connectivity index (χ2v) is 7.64. The number of methoxy groups -OCH3 is 1. The lowest BCUT2D eigenvalue weighted by atomic mass is 10.2. The van der Waals surface area contributed by atoms with Crippen molar-refractivity contribution < 1.29 is 19.1 Å². The van der Waals surface area contributed by atoms with E-state index in [4.69, 9.17) is 9.47 Å². The fourth-order valence-corrected chi connectivity index (χ4v) is 3.58. The zero-order valence-corrected chi connectivity index (χ0v) is 18.1. The molecule has 168 valence electrons. The molecular formula is C22H25N5O5. The van der Waals surface area contributed by atoms with E-state index in [0.717, 1.165) is 18.7 Å². The summed E-state index contributed by atoms with van der Waals surface area (Å²) in [4.78, 5) is 46.5. The number of piperazine rings is 1. The van der Waals surface area contributed by atoms with E-state index in [0.29, 0.717) is 13.1 Å². The standard InChI is InChI=1S/C22H25N5O5/c1-24-8-10-25(11-9-24)17(28)14-26-12-13-27-20(29)19(18(21(30)31-2)23-22(26)27)32-15-16-6-4-3-5-7-16/h3-7,12-13H,8-11,14-15H2,1-2H3. The highest BCUT2D eigenvalue weighted by atomic mass is 16.5. The Morgan fingerprint density at radius 2 is 1.78 bits per heavy atom. The van der Waals surface area contributed by atoms with Crippen LogP contribution >= 0.6 is 0 Å². The van der Waals surface area contributed by atoms with Gasteiger partial charge in [0, 0.05) is 38.6 Å². The highest BCUT2D eigenvalue weighted by molar-refractivity contribution is 5.90. The molecule has 0 spiro atoms. The third-order valence-electron chi connectivity index (χ3n) is 5.47. The molecule has 0 aliphatic carbocycles. The smallest absolute Gasteiger partial charge is 0.360 e. The first-order valence-corrected chi connectivity index (χ1v) is 10.3. The van der Waals surface area contributed by atoms with Crippen LogP contribution in [-0.4, -0.2) is 76.0 Å². The summed E-state index contributed by atoms with van der Waals surface area (Å²) in [5.41, 5.74) is 0.0701. The van der Waals surface area contributed by atoms with Crippen LogP contribution in [0.5, 0.6) is 5.75 Å². The number of rotatable bonds is 6. The first-order chi connectivity index (χ1) is 15.5. The van der Waals surface area contributed by atoms with Gasteiger partial charge in [0.15, 0.2) is 5.69 Å². The number of carbonyl (C=O) groups is 2. The van der Waals surface area contributed by atoms with E-state index in [9.17, 15) is 14.4 Å². The van der Waals surface area contributed by atoms with Crippen LogP contribution in [0.25, 0.3) is 5.78 Å². The quantitative estimate of drug-likeness (QED) is 0.520. The Morgan fingerprint density at radius 1 is 1.06 bits per heavy atom. The number of aromatic nitrogens is 3. The molecule has 32 heavy (non-hydrogen) atoms. The SMILES string of the molecule is COC(=O)c1nc2n(CC(=O)N3CCN(C)CC3)ccn2c(=O)c1OCc1ccccc1. The van der Waals surface area contributed by atoms with Gasteiger partial charge in [-0.15, -0.1) is 0 Å². The summed E-state index contributed by atoms with van der Waals surface area (Å²) < 4.78 is 13.3. The number of amides is 1. The van der Waals surface area contributed by atoms with Crippen molar-refractivity contribution in [2.45, 2.75) is 13.2 Å². The maximum absolute atomic E-state index is 13.1. The Bertz CT molecular complexity index is 1180. The molecule has 10 nitrogen and oxygen atoms in total. The van der Waals surface area contributed by atoms with Gasteiger partial charge in [-0.05, 0) is 12.6 Å². The minimum absolute atomic E-state index is 0.0114. The number of likely N-dealkylation sites (N-methyl/N-ethyl adjacent to an activating group) is 1.